The number of rotatable bonds is 5. The Morgan fingerprint density at radius 2 is 1.76 bits per heavy atom. The van der Waals surface area contributed by atoms with Crippen molar-refractivity contribution >= 4 is 11.0 Å². The van der Waals surface area contributed by atoms with Crippen LogP contribution in [0.4, 0.5) is 13.2 Å². The van der Waals surface area contributed by atoms with Crippen molar-refractivity contribution in [3.63, 3.8) is 0 Å². The second-order valence-corrected chi connectivity index (χ2v) is 5.51. The maximum atomic E-state index is 13.0. The Kier molecular flexibility index (Phi) is 4.67. The molecule has 1 aromatic heterocycles. The highest BCUT2D eigenvalue weighted by molar-refractivity contribution is 5.81. The highest BCUT2D eigenvalue weighted by atomic mass is 19.4. The first-order valence-electron chi connectivity index (χ1n) is 7.65. The number of alkyl halides is 3. The molecule has 1 heterocycles. The third-order valence-electron chi connectivity index (χ3n) is 3.94. The summed E-state index contributed by atoms with van der Waals surface area (Å²) in [5.41, 5.74) is 1.02. The Labute approximate surface area is 142 Å². The van der Waals surface area contributed by atoms with E-state index in [1.165, 1.54) is 6.07 Å². The maximum Gasteiger partial charge on any atom is 0.416 e. The third kappa shape index (κ3) is 3.46. The lowest BCUT2D eigenvalue weighted by molar-refractivity contribution is -0.137. The van der Waals surface area contributed by atoms with Crippen molar-refractivity contribution in [2.45, 2.75) is 12.7 Å². The van der Waals surface area contributed by atoms with Gasteiger partial charge >= 0.3 is 6.18 Å². The number of halogens is 3. The van der Waals surface area contributed by atoms with Crippen molar-refractivity contribution in [1.29, 1.82) is 0 Å². The number of methoxy groups -OCH3 is 2. The molecule has 0 N–H and O–H groups in total. The molecule has 0 aliphatic rings. The van der Waals surface area contributed by atoms with Crippen LogP contribution in [0.5, 0.6) is 5.75 Å². The van der Waals surface area contributed by atoms with E-state index in [-0.39, 0.29) is 0 Å². The van der Waals surface area contributed by atoms with E-state index in [1.807, 2.05) is 16.7 Å². The van der Waals surface area contributed by atoms with Crippen LogP contribution in [0.3, 0.4) is 0 Å². The Morgan fingerprint density at radius 3 is 2.36 bits per heavy atom. The molecule has 3 aromatic rings. The van der Waals surface area contributed by atoms with Crippen LogP contribution in [-0.2, 0) is 17.5 Å². The van der Waals surface area contributed by atoms with Crippen LogP contribution in [0.25, 0.3) is 22.4 Å². The number of benzene rings is 2. The monoisotopic (exact) mass is 350 g/mol. The second kappa shape index (κ2) is 6.76. The predicted molar refractivity (Wildman–Crippen MR) is 88.6 cm³/mol. The highest BCUT2D eigenvalue weighted by Gasteiger charge is 2.31. The lowest BCUT2D eigenvalue weighted by Gasteiger charge is -2.10. The molecule has 7 heteroatoms. The largest absolute Gasteiger partial charge is 0.497 e. The molecule has 25 heavy (non-hydrogen) atoms. The van der Waals surface area contributed by atoms with Gasteiger partial charge in [-0.05, 0) is 42.5 Å². The van der Waals surface area contributed by atoms with Gasteiger partial charge in [-0.2, -0.15) is 13.2 Å². The van der Waals surface area contributed by atoms with Gasteiger partial charge in [0, 0.05) is 19.2 Å². The van der Waals surface area contributed by atoms with Crippen LogP contribution in [-0.4, -0.2) is 30.4 Å². The fourth-order valence-electron chi connectivity index (χ4n) is 2.68. The molecule has 0 saturated carbocycles. The van der Waals surface area contributed by atoms with Gasteiger partial charge in [-0.1, -0.05) is 0 Å². The van der Waals surface area contributed by atoms with Crippen LogP contribution in [0, 0.1) is 0 Å². The summed E-state index contributed by atoms with van der Waals surface area (Å²) in [5.74, 6) is 1.29. The smallest absolute Gasteiger partial charge is 0.416 e. The van der Waals surface area contributed by atoms with E-state index in [2.05, 4.69) is 4.98 Å². The number of hydrogen-bond donors (Lipinski definition) is 0. The molecule has 2 aromatic carbocycles. The Balaban J connectivity index is 2.14. The molecule has 0 fully saturated rings. The number of hydrogen-bond acceptors (Lipinski definition) is 3. The SMILES string of the molecule is COCCn1c(-c2ccc(OC)cc2)nc2cc(C(F)(F)F)ccc21. The average Bonchev–Trinajstić information content (AvgIpc) is 2.97. The highest BCUT2D eigenvalue weighted by Crippen LogP contribution is 2.33. The first-order valence-corrected chi connectivity index (χ1v) is 7.65. The lowest BCUT2D eigenvalue weighted by atomic mass is 10.2. The molecule has 0 aliphatic carbocycles. The van der Waals surface area contributed by atoms with E-state index in [4.69, 9.17) is 9.47 Å². The van der Waals surface area contributed by atoms with Crippen molar-refractivity contribution in [1.82, 2.24) is 9.55 Å². The molecule has 0 radical (unpaired) electrons. The summed E-state index contributed by atoms with van der Waals surface area (Å²) in [5, 5.41) is 0. The number of aromatic nitrogens is 2. The minimum absolute atomic E-state index is 0.303. The standard InChI is InChI=1S/C18H17F3N2O2/c1-24-10-9-23-16-8-5-13(18(19,20)21)11-15(16)22-17(23)12-3-6-14(25-2)7-4-12/h3-8,11H,9-10H2,1-2H3. The van der Waals surface area contributed by atoms with Crippen LogP contribution in [0.2, 0.25) is 0 Å². The van der Waals surface area contributed by atoms with Crippen LogP contribution >= 0.6 is 0 Å². The molecule has 0 spiro atoms. The van der Waals surface area contributed by atoms with E-state index in [0.29, 0.717) is 35.8 Å². The molecule has 132 valence electrons. The lowest BCUT2D eigenvalue weighted by Crippen LogP contribution is -2.07. The van der Waals surface area contributed by atoms with Gasteiger partial charge in [0.2, 0.25) is 0 Å². The maximum absolute atomic E-state index is 13.0. The molecular weight excluding hydrogens is 333 g/mol. The third-order valence-corrected chi connectivity index (χ3v) is 3.94. The number of fused-ring (bicyclic) bond motifs is 1. The van der Waals surface area contributed by atoms with Crippen molar-refractivity contribution in [3.8, 4) is 17.1 Å². The summed E-state index contributed by atoms with van der Waals surface area (Å²) in [6.07, 6.45) is -4.40. The Bertz CT molecular complexity index is 870. The average molecular weight is 350 g/mol. The van der Waals surface area contributed by atoms with Gasteiger partial charge in [-0.25, -0.2) is 4.98 Å². The normalized spacial score (nSPS) is 11.9. The summed E-state index contributed by atoms with van der Waals surface area (Å²) in [7, 11) is 3.15. The van der Waals surface area contributed by atoms with Gasteiger partial charge in [-0.15, -0.1) is 0 Å². The van der Waals surface area contributed by atoms with E-state index in [0.717, 1.165) is 17.7 Å². The van der Waals surface area contributed by atoms with Gasteiger partial charge in [0.05, 0.1) is 30.3 Å². The van der Waals surface area contributed by atoms with Gasteiger partial charge in [0.1, 0.15) is 11.6 Å². The predicted octanol–water partition coefficient (Wildman–Crippen LogP) is 4.38. The first kappa shape index (κ1) is 17.3. The van der Waals surface area contributed by atoms with Crippen molar-refractivity contribution < 1.29 is 22.6 Å². The fraction of sp³-hybridized carbons (Fsp3) is 0.278. The molecule has 0 amide bonds. The minimum atomic E-state index is -4.40. The molecule has 0 atom stereocenters. The zero-order valence-electron chi connectivity index (χ0n) is 13.8. The molecule has 3 rings (SSSR count). The molecular formula is C18H17F3N2O2. The number of ether oxygens (including phenoxy) is 2. The van der Waals surface area contributed by atoms with Crippen molar-refractivity contribution in [2.75, 3.05) is 20.8 Å². The van der Waals surface area contributed by atoms with Crippen LogP contribution in [0.1, 0.15) is 5.56 Å². The second-order valence-electron chi connectivity index (χ2n) is 5.51. The molecule has 0 aliphatic heterocycles. The zero-order valence-corrected chi connectivity index (χ0v) is 13.8. The zero-order chi connectivity index (χ0) is 18.0. The molecule has 4 nitrogen and oxygen atoms in total. The summed E-state index contributed by atoms with van der Waals surface area (Å²) in [6.45, 7) is 0.912. The summed E-state index contributed by atoms with van der Waals surface area (Å²) < 4.78 is 51.0. The molecule has 0 unspecified atom stereocenters. The van der Waals surface area contributed by atoms with E-state index < -0.39 is 11.7 Å². The topological polar surface area (TPSA) is 36.3 Å². The summed E-state index contributed by atoms with van der Waals surface area (Å²) in [4.78, 5) is 4.43. The first-order chi connectivity index (χ1) is 11.9. The van der Waals surface area contributed by atoms with Crippen molar-refractivity contribution in [2.24, 2.45) is 0 Å². The van der Waals surface area contributed by atoms with E-state index in [9.17, 15) is 13.2 Å². The number of imidazole rings is 1. The van der Waals surface area contributed by atoms with E-state index >= 15 is 0 Å². The van der Waals surface area contributed by atoms with Crippen molar-refractivity contribution in [3.05, 3.63) is 48.0 Å². The van der Waals surface area contributed by atoms with Gasteiger partial charge < -0.3 is 14.0 Å². The van der Waals surface area contributed by atoms with Gasteiger partial charge in [0.25, 0.3) is 0 Å². The van der Waals surface area contributed by atoms with Crippen LogP contribution < -0.4 is 4.74 Å². The minimum Gasteiger partial charge on any atom is -0.497 e. The Hall–Kier alpha value is -2.54. The summed E-state index contributed by atoms with van der Waals surface area (Å²) in [6, 6.07) is 10.8. The van der Waals surface area contributed by atoms with E-state index in [1.54, 1.807) is 26.4 Å². The quantitative estimate of drug-likeness (QED) is 0.685. The van der Waals surface area contributed by atoms with Gasteiger partial charge in [0.15, 0.2) is 0 Å². The fourth-order valence-corrected chi connectivity index (χ4v) is 2.68. The molecule has 0 saturated heterocycles. The Morgan fingerprint density at radius 1 is 1.04 bits per heavy atom. The van der Waals surface area contributed by atoms with Gasteiger partial charge in [-0.3, -0.25) is 0 Å². The summed E-state index contributed by atoms with van der Waals surface area (Å²) >= 11 is 0. The van der Waals surface area contributed by atoms with Crippen LogP contribution in [0.15, 0.2) is 42.5 Å². The molecule has 0 bridgehead atoms. The number of nitrogens with zero attached hydrogens (tertiary/aromatic N) is 2.